The predicted octanol–water partition coefficient (Wildman–Crippen LogP) is 3.53. The second kappa shape index (κ2) is 4.30. The van der Waals surface area contributed by atoms with Crippen LogP contribution in [0.2, 0.25) is 0 Å². The van der Waals surface area contributed by atoms with Gasteiger partial charge >= 0.3 is 0 Å². The Morgan fingerprint density at radius 1 is 1.43 bits per heavy atom. The Labute approximate surface area is 89.9 Å². The molecule has 1 saturated carbocycles. The topological polar surface area (TPSA) is 24.9 Å². The average Bonchev–Trinajstić information content (AvgIpc) is 2.69. The van der Waals surface area contributed by atoms with Crippen LogP contribution in [0.15, 0.2) is 11.6 Å². The van der Waals surface area contributed by atoms with Gasteiger partial charge in [0.05, 0.1) is 11.9 Å². The predicted molar refractivity (Wildman–Crippen MR) is 61.8 cm³/mol. The van der Waals surface area contributed by atoms with Crippen LogP contribution in [-0.4, -0.2) is 10.9 Å². The third kappa shape index (κ3) is 2.47. The minimum atomic E-state index is 0.514. The molecule has 0 aliphatic heterocycles. The highest BCUT2D eigenvalue weighted by Gasteiger charge is 2.26. The van der Waals surface area contributed by atoms with Crippen LogP contribution in [0.1, 0.15) is 39.0 Å². The third-order valence-electron chi connectivity index (χ3n) is 3.21. The lowest BCUT2D eigenvalue weighted by Crippen LogP contribution is -2.28. The molecule has 14 heavy (non-hydrogen) atoms. The minimum Gasteiger partial charge on any atom is -0.383 e. The molecule has 0 radical (unpaired) electrons. The van der Waals surface area contributed by atoms with E-state index in [4.69, 9.17) is 0 Å². The van der Waals surface area contributed by atoms with E-state index in [9.17, 15) is 0 Å². The number of rotatable bonds is 3. The maximum atomic E-state index is 4.09. The number of hydrogen-bond donors (Lipinski definition) is 1. The van der Waals surface area contributed by atoms with Gasteiger partial charge in [0.1, 0.15) is 0 Å². The molecule has 1 aromatic rings. The molecule has 0 unspecified atom stereocenters. The maximum absolute atomic E-state index is 4.09. The van der Waals surface area contributed by atoms with Gasteiger partial charge in [-0.15, -0.1) is 0 Å². The summed E-state index contributed by atoms with van der Waals surface area (Å²) in [5, 5.41) is 5.56. The van der Waals surface area contributed by atoms with Crippen molar-refractivity contribution in [3.05, 3.63) is 11.6 Å². The van der Waals surface area contributed by atoms with Crippen LogP contribution in [-0.2, 0) is 0 Å². The molecule has 2 rings (SSSR count). The average molecular weight is 210 g/mol. The van der Waals surface area contributed by atoms with Crippen molar-refractivity contribution in [2.45, 2.75) is 39.0 Å². The molecule has 0 aromatic carbocycles. The molecule has 78 valence electrons. The second-order valence-corrected chi connectivity index (χ2v) is 5.30. The first-order valence-electron chi connectivity index (χ1n) is 5.42. The quantitative estimate of drug-likeness (QED) is 0.825. The Bertz CT molecular complexity index is 263. The molecule has 1 heterocycles. The molecule has 2 nitrogen and oxygen atoms in total. The van der Waals surface area contributed by atoms with Gasteiger partial charge in [-0.05, 0) is 29.8 Å². The molecule has 1 fully saturated rings. The Balaban J connectivity index is 1.84. The van der Waals surface area contributed by atoms with Gasteiger partial charge in [-0.1, -0.05) is 26.2 Å². The van der Waals surface area contributed by atoms with Crippen molar-refractivity contribution < 1.29 is 0 Å². The summed E-state index contributed by atoms with van der Waals surface area (Å²) in [5.74, 6) is 0. The van der Waals surface area contributed by atoms with E-state index in [1.807, 2.05) is 6.20 Å². The largest absolute Gasteiger partial charge is 0.383 e. The van der Waals surface area contributed by atoms with Gasteiger partial charge in [-0.25, -0.2) is 0 Å². The number of aromatic nitrogens is 1. The van der Waals surface area contributed by atoms with Crippen LogP contribution in [0.4, 0.5) is 5.69 Å². The molecule has 3 heteroatoms. The minimum absolute atomic E-state index is 0.514. The fraction of sp³-hybridized carbons (Fsp3) is 0.727. The van der Waals surface area contributed by atoms with Crippen molar-refractivity contribution in [1.29, 1.82) is 0 Å². The van der Waals surface area contributed by atoms with Gasteiger partial charge in [0.2, 0.25) is 0 Å². The first-order valence-corrected chi connectivity index (χ1v) is 6.25. The Hall–Kier alpha value is -0.570. The lowest BCUT2D eigenvalue weighted by Gasteiger charge is -2.33. The van der Waals surface area contributed by atoms with E-state index in [1.54, 1.807) is 0 Å². The fourth-order valence-corrected chi connectivity index (χ4v) is 2.68. The molecule has 0 atom stereocenters. The summed E-state index contributed by atoms with van der Waals surface area (Å²) >= 11 is 1.51. The van der Waals surface area contributed by atoms with Crippen molar-refractivity contribution in [3.8, 4) is 0 Å². The van der Waals surface area contributed by atoms with Crippen molar-refractivity contribution in [2.75, 3.05) is 11.9 Å². The molecule has 0 amide bonds. The third-order valence-corrected chi connectivity index (χ3v) is 3.80. The van der Waals surface area contributed by atoms with E-state index in [1.165, 1.54) is 49.3 Å². The Morgan fingerprint density at radius 2 is 2.21 bits per heavy atom. The highest BCUT2D eigenvalue weighted by atomic mass is 32.1. The molecule has 0 spiro atoms. The van der Waals surface area contributed by atoms with Crippen molar-refractivity contribution >= 4 is 17.2 Å². The summed E-state index contributed by atoms with van der Waals surface area (Å²) in [6.45, 7) is 3.50. The van der Waals surface area contributed by atoms with E-state index in [0.29, 0.717) is 5.41 Å². The van der Waals surface area contributed by atoms with Crippen molar-refractivity contribution in [3.63, 3.8) is 0 Å². The lowest BCUT2D eigenvalue weighted by atomic mass is 9.76. The zero-order chi connectivity index (χ0) is 9.86. The summed E-state index contributed by atoms with van der Waals surface area (Å²) in [6.07, 6.45) is 8.89. The van der Waals surface area contributed by atoms with E-state index >= 15 is 0 Å². The molecule has 1 aliphatic rings. The van der Waals surface area contributed by atoms with Crippen LogP contribution in [0.3, 0.4) is 0 Å². The van der Waals surface area contributed by atoms with Crippen LogP contribution >= 0.6 is 11.5 Å². The van der Waals surface area contributed by atoms with Gasteiger partial charge in [-0.3, -0.25) is 0 Å². The molecule has 1 aliphatic carbocycles. The zero-order valence-corrected chi connectivity index (χ0v) is 9.57. The smallest absolute Gasteiger partial charge is 0.0653 e. The van der Waals surface area contributed by atoms with Crippen LogP contribution in [0.25, 0.3) is 0 Å². The first-order chi connectivity index (χ1) is 6.79. The molecule has 1 aromatic heterocycles. The normalized spacial score (nSPS) is 20.6. The Morgan fingerprint density at radius 3 is 2.86 bits per heavy atom. The molecule has 0 bridgehead atoms. The Kier molecular flexibility index (Phi) is 3.06. The van der Waals surface area contributed by atoms with Gasteiger partial charge in [0.15, 0.2) is 0 Å². The lowest BCUT2D eigenvalue weighted by molar-refractivity contribution is 0.233. The molecular formula is C11H18N2S. The highest BCUT2D eigenvalue weighted by Crippen LogP contribution is 2.35. The van der Waals surface area contributed by atoms with E-state index < -0.39 is 0 Å². The fourth-order valence-electron chi connectivity index (χ4n) is 2.19. The summed E-state index contributed by atoms with van der Waals surface area (Å²) < 4.78 is 4.09. The number of hydrogen-bond acceptors (Lipinski definition) is 3. The van der Waals surface area contributed by atoms with Crippen LogP contribution in [0, 0.1) is 5.41 Å². The van der Waals surface area contributed by atoms with Gasteiger partial charge in [0.25, 0.3) is 0 Å². The monoisotopic (exact) mass is 210 g/mol. The van der Waals surface area contributed by atoms with E-state index in [0.717, 1.165) is 6.54 Å². The zero-order valence-electron chi connectivity index (χ0n) is 8.75. The van der Waals surface area contributed by atoms with Gasteiger partial charge in [-0.2, -0.15) is 4.37 Å². The van der Waals surface area contributed by atoms with Crippen LogP contribution in [0.5, 0.6) is 0 Å². The van der Waals surface area contributed by atoms with Gasteiger partial charge < -0.3 is 5.32 Å². The SMILES string of the molecule is CC1(CNc2cnsc2)CCCCC1. The summed E-state index contributed by atoms with van der Waals surface area (Å²) in [4.78, 5) is 0. The second-order valence-electron chi connectivity index (χ2n) is 4.64. The standard InChI is InChI=1S/C11H18N2S/c1-11(5-3-2-4-6-11)9-12-10-7-13-14-8-10/h7-8,12H,2-6,9H2,1H3. The van der Waals surface area contributed by atoms with Gasteiger partial charge in [0, 0.05) is 11.9 Å². The molecular weight excluding hydrogens is 192 g/mol. The molecule has 1 N–H and O–H groups in total. The summed E-state index contributed by atoms with van der Waals surface area (Å²) in [6, 6.07) is 0. The van der Waals surface area contributed by atoms with E-state index in [2.05, 4.69) is 22.0 Å². The number of anilines is 1. The maximum Gasteiger partial charge on any atom is 0.0653 e. The highest BCUT2D eigenvalue weighted by molar-refractivity contribution is 7.04. The first kappa shape index (κ1) is 9.97. The summed E-state index contributed by atoms with van der Waals surface area (Å²) in [7, 11) is 0. The van der Waals surface area contributed by atoms with Crippen molar-refractivity contribution in [2.24, 2.45) is 5.41 Å². The molecule has 0 saturated heterocycles. The number of nitrogens with one attached hydrogen (secondary N) is 1. The van der Waals surface area contributed by atoms with E-state index in [-0.39, 0.29) is 0 Å². The van der Waals surface area contributed by atoms with Crippen LogP contribution < -0.4 is 5.32 Å². The van der Waals surface area contributed by atoms with Crippen molar-refractivity contribution in [1.82, 2.24) is 4.37 Å². The summed E-state index contributed by atoms with van der Waals surface area (Å²) in [5.41, 5.74) is 1.70. The number of nitrogens with zero attached hydrogens (tertiary/aromatic N) is 1.